The molecule has 0 aromatic carbocycles. The maximum absolute atomic E-state index is 12.8. The first kappa shape index (κ1) is 24.9. The van der Waals surface area contributed by atoms with Crippen LogP contribution in [0.25, 0.3) is 0 Å². The zero-order chi connectivity index (χ0) is 17.8. The van der Waals surface area contributed by atoms with Gasteiger partial charge in [-0.05, 0) is 33.1 Å². The normalized spacial score (nSPS) is 14.0. The van der Waals surface area contributed by atoms with E-state index in [-0.39, 0.29) is 11.5 Å². The Hall–Kier alpha value is -1.06. The first-order valence-corrected chi connectivity index (χ1v) is 7.58. The van der Waals surface area contributed by atoms with Crippen molar-refractivity contribution < 1.29 is 18.0 Å². The molecule has 1 unspecified atom stereocenters. The van der Waals surface area contributed by atoms with Gasteiger partial charge in [0.25, 0.3) is 0 Å². The lowest BCUT2D eigenvalue weighted by Gasteiger charge is -2.14. The quantitative estimate of drug-likeness (QED) is 0.428. The van der Waals surface area contributed by atoms with Gasteiger partial charge >= 0.3 is 6.18 Å². The van der Waals surface area contributed by atoms with E-state index < -0.39 is 17.5 Å². The molecule has 0 aromatic rings. The largest absolute Gasteiger partial charge is 0.416 e. The van der Waals surface area contributed by atoms with Crippen molar-refractivity contribution in [1.29, 1.82) is 0 Å². The molecular weight excluding hydrogens is 277 g/mol. The molecule has 4 heteroatoms. The Morgan fingerprint density at radius 3 is 1.67 bits per heavy atom. The van der Waals surface area contributed by atoms with E-state index in [0.717, 1.165) is 19.4 Å². The molecule has 21 heavy (non-hydrogen) atoms. The fraction of sp³-hybridized carbons (Fsp3) is 0.706. The number of allylic oxidation sites excluding steroid dienone is 4. The second kappa shape index (κ2) is 12.7. The lowest BCUT2D eigenvalue weighted by atomic mass is 9.95. The van der Waals surface area contributed by atoms with Gasteiger partial charge in [-0.1, -0.05) is 53.2 Å². The summed E-state index contributed by atoms with van der Waals surface area (Å²) in [6.07, 6.45) is -2.62. The number of alkyl halides is 3. The molecule has 1 nitrogen and oxygen atoms in total. The molecule has 0 aromatic heterocycles. The van der Waals surface area contributed by atoms with Gasteiger partial charge in [0.05, 0.1) is 5.57 Å². The summed E-state index contributed by atoms with van der Waals surface area (Å²) < 4.78 is 38.4. The molecule has 0 heterocycles. The molecule has 0 fully saturated rings. The van der Waals surface area contributed by atoms with Crippen LogP contribution in [0, 0.1) is 5.92 Å². The topological polar surface area (TPSA) is 17.1 Å². The van der Waals surface area contributed by atoms with Crippen molar-refractivity contribution in [2.75, 3.05) is 0 Å². The monoisotopic (exact) mass is 308 g/mol. The number of hydrogen-bond donors (Lipinski definition) is 0. The van der Waals surface area contributed by atoms with Crippen LogP contribution < -0.4 is 0 Å². The third kappa shape index (κ3) is 10.3. The van der Waals surface area contributed by atoms with Gasteiger partial charge in [-0.2, -0.15) is 13.2 Å². The number of hydrogen-bond acceptors (Lipinski definition) is 1. The van der Waals surface area contributed by atoms with Crippen molar-refractivity contribution in [2.24, 2.45) is 5.92 Å². The Morgan fingerprint density at radius 1 is 1.05 bits per heavy atom. The second-order valence-electron chi connectivity index (χ2n) is 4.29. The van der Waals surface area contributed by atoms with Crippen molar-refractivity contribution in [2.45, 2.75) is 74.9 Å². The number of Topliss-reactive ketones (excluding diaryl/α,β-unsaturated/α-hetero) is 1. The minimum atomic E-state index is -4.48. The highest BCUT2D eigenvalue weighted by molar-refractivity contribution is 5.94. The smallest absolute Gasteiger partial charge is 0.295 e. The highest BCUT2D eigenvalue weighted by atomic mass is 19.4. The maximum atomic E-state index is 12.8. The summed E-state index contributed by atoms with van der Waals surface area (Å²) in [7, 11) is 0. The summed E-state index contributed by atoms with van der Waals surface area (Å²) in [6.45, 7) is 15.8. The second-order valence-corrected chi connectivity index (χ2v) is 4.29. The predicted molar refractivity (Wildman–Crippen MR) is 85.3 cm³/mol. The summed E-state index contributed by atoms with van der Waals surface area (Å²) in [4.78, 5) is 11.1. The van der Waals surface area contributed by atoms with Crippen molar-refractivity contribution >= 4 is 5.78 Å². The van der Waals surface area contributed by atoms with E-state index in [1.54, 1.807) is 6.92 Å². The lowest BCUT2D eigenvalue weighted by Crippen LogP contribution is -2.15. The Morgan fingerprint density at radius 2 is 1.43 bits per heavy atom. The molecule has 0 amide bonds. The fourth-order valence-corrected chi connectivity index (χ4v) is 1.28. The summed E-state index contributed by atoms with van der Waals surface area (Å²) in [5.74, 6) is -0.474. The third-order valence-corrected chi connectivity index (χ3v) is 3.00. The first-order valence-electron chi connectivity index (χ1n) is 7.58. The average Bonchev–Trinajstić information content (AvgIpc) is 2.45. The summed E-state index contributed by atoms with van der Waals surface area (Å²) >= 11 is 0. The van der Waals surface area contributed by atoms with Crippen LogP contribution in [0.15, 0.2) is 22.8 Å². The Balaban J connectivity index is -0.000000739. The molecule has 0 saturated heterocycles. The zero-order valence-corrected chi connectivity index (χ0v) is 14.9. The first-order chi connectivity index (χ1) is 9.61. The lowest BCUT2D eigenvalue weighted by molar-refractivity contribution is -0.115. The molecule has 0 aliphatic carbocycles. The summed E-state index contributed by atoms with van der Waals surface area (Å²) in [6, 6.07) is 0. The van der Waals surface area contributed by atoms with E-state index in [4.69, 9.17) is 0 Å². The van der Waals surface area contributed by atoms with E-state index in [9.17, 15) is 18.0 Å². The van der Waals surface area contributed by atoms with E-state index in [1.165, 1.54) is 6.92 Å². The van der Waals surface area contributed by atoms with Crippen LogP contribution in [-0.4, -0.2) is 12.0 Å². The molecular formula is C17H31F3O. The molecule has 126 valence electrons. The molecule has 0 saturated carbocycles. The van der Waals surface area contributed by atoms with Gasteiger partial charge in [0, 0.05) is 5.57 Å². The van der Waals surface area contributed by atoms with E-state index in [2.05, 4.69) is 0 Å². The van der Waals surface area contributed by atoms with Crippen LogP contribution in [0.1, 0.15) is 68.7 Å². The SMILES string of the molecule is CC.CC.CCC(C)/C(C)=C\C(=C(\C)C(C)=O)C(F)(F)F. The molecule has 0 N–H and O–H groups in total. The van der Waals surface area contributed by atoms with Crippen LogP contribution >= 0.6 is 0 Å². The standard InChI is InChI=1S/C13H19F3O.2C2H6/c1-6-8(2)9(3)7-12(13(14,15)16)10(4)11(5)17;2*1-2/h7-8H,6H2,1-5H3;2*1-2H3/b9-7-,12-10+;;. The number of rotatable bonds is 4. The van der Waals surface area contributed by atoms with E-state index in [1.807, 2.05) is 41.5 Å². The average molecular weight is 308 g/mol. The Bertz CT molecular complexity index is 350. The van der Waals surface area contributed by atoms with Crippen LogP contribution in [-0.2, 0) is 4.79 Å². The van der Waals surface area contributed by atoms with Gasteiger partial charge < -0.3 is 0 Å². The van der Waals surface area contributed by atoms with Crippen LogP contribution in [0.3, 0.4) is 0 Å². The fourth-order valence-electron chi connectivity index (χ4n) is 1.28. The molecule has 0 radical (unpaired) electrons. The van der Waals surface area contributed by atoms with E-state index in [0.29, 0.717) is 5.57 Å². The number of carbonyl (C=O) groups is 1. The van der Waals surface area contributed by atoms with Gasteiger partial charge in [0.2, 0.25) is 0 Å². The van der Waals surface area contributed by atoms with Gasteiger partial charge in [-0.15, -0.1) is 0 Å². The van der Waals surface area contributed by atoms with Gasteiger partial charge in [0.15, 0.2) is 5.78 Å². The van der Waals surface area contributed by atoms with Gasteiger partial charge in [0.1, 0.15) is 0 Å². The Labute approximate surface area is 128 Å². The van der Waals surface area contributed by atoms with Gasteiger partial charge in [-0.3, -0.25) is 4.79 Å². The number of halogens is 3. The van der Waals surface area contributed by atoms with E-state index >= 15 is 0 Å². The minimum absolute atomic E-state index is 0.0760. The molecule has 0 aliphatic heterocycles. The van der Waals surface area contributed by atoms with Gasteiger partial charge in [-0.25, -0.2) is 0 Å². The van der Waals surface area contributed by atoms with Crippen molar-refractivity contribution in [1.82, 2.24) is 0 Å². The Kier molecular flexibility index (Phi) is 15.0. The van der Waals surface area contributed by atoms with Crippen LogP contribution in [0.4, 0.5) is 13.2 Å². The molecule has 0 spiro atoms. The number of carbonyl (C=O) groups excluding carboxylic acids is 1. The maximum Gasteiger partial charge on any atom is 0.416 e. The molecule has 0 aliphatic rings. The highest BCUT2D eigenvalue weighted by Gasteiger charge is 2.34. The molecule has 0 bridgehead atoms. The molecule has 1 atom stereocenters. The zero-order valence-electron chi connectivity index (χ0n) is 14.9. The van der Waals surface area contributed by atoms with Crippen LogP contribution in [0.2, 0.25) is 0 Å². The summed E-state index contributed by atoms with van der Waals surface area (Å²) in [5.41, 5.74) is -0.427. The predicted octanol–water partition coefficient (Wildman–Crippen LogP) is 6.50. The van der Waals surface area contributed by atoms with Crippen molar-refractivity contribution in [3.05, 3.63) is 22.8 Å². The van der Waals surface area contributed by atoms with Crippen molar-refractivity contribution in [3.63, 3.8) is 0 Å². The highest BCUT2D eigenvalue weighted by Crippen LogP contribution is 2.31. The minimum Gasteiger partial charge on any atom is -0.295 e. The van der Waals surface area contributed by atoms with Crippen molar-refractivity contribution in [3.8, 4) is 0 Å². The molecule has 0 rings (SSSR count). The number of ketones is 1. The third-order valence-electron chi connectivity index (χ3n) is 3.00. The van der Waals surface area contributed by atoms with Crippen LogP contribution in [0.5, 0.6) is 0 Å². The summed E-state index contributed by atoms with van der Waals surface area (Å²) in [5, 5.41) is 0.